The van der Waals surface area contributed by atoms with Crippen LogP contribution >= 0.6 is 0 Å². The summed E-state index contributed by atoms with van der Waals surface area (Å²) in [5, 5.41) is 2.57. The van der Waals surface area contributed by atoms with Crippen molar-refractivity contribution in [3.8, 4) is 0 Å². The second kappa shape index (κ2) is 10.1. The Balaban J connectivity index is 1.72. The van der Waals surface area contributed by atoms with Gasteiger partial charge in [-0.1, -0.05) is 12.1 Å². The SMILES string of the molecule is CCOC(=O)c1ccc(NC(=O)COC(=O)CCc2ccc(F)cc2)cc1. The number of anilines is 1. The van der Waals surface area contributed by atoms with Gasteiger partial charge in [0.05, 0.1) is 12.2 Å². The molecule has 0 saturated carbocycles. The Morgan fingerprint density at radius 1 is 0.963 bits per heavy atom. The van der Waals surface area contributed by atoms with Gasteiger partial charge in [0.15, 0.2) is 6.61 Å². The van der Waals surface area contributed by atoms with Crippen LogP contribution in [0.5, 0.6) is 0 Å². The molecule has 2 aromatic rings. The normalized spacial score (nSPS) is 10.1. The summed E-state index contributed by atoms with van der Waals surface area (Å²) >= 11 is 0. The standard InChI is InChI=1S/C20H20FNO5/c1-2-26-20(25)15-6-10-17(11-7-15)22-18(23)13-27-19(24)12-5-14-3-8-16(21)9-4-14/h3-4,6-11H,2,5,12-13H2,1H3,(H,22,23). The van der Waals surface area contributed by atoms with Gasteiger partial charge in [-0.05, 0) is 55.3 Å². The number of aryl methyl sites for hydroxylation is 1. The molecule has 27 heavy (non-hydrogen) atoms. The Bertz CT molecular complexity index is 787. The molecule has 0 heterocycles. The predicted octanol–water partition coefficient (Wildman–Crippen LogP) is 3.12. The van der Waals surface area contributed by atoms with Gasteiger partial charge in [-0.2, -0.15) is 0 Å². The van der Waals surface area contributed by atoms with Crippen molar-refractivity contribution in [3.05, 3.63) is 65.5 Å². The van der Waals surface area contributed by atoms with E-state index < -0.39 is 24.5 Å². The fraction of sp³-hybridized carbons (Fsp3) is 0.250. The number of halogens is 1. The molecule has 7 heteroatoms. The van der Waals surface area contributed by atoms with Crippen LogP contribution in [-0.2, 0) is 25.5 Å². The van der Waals surface area contributed by atoms with Crippen molar-refractivity contribution in [1.29, 1.82) is 0 Å². The van der Waals surface area contributed by atoms with Crippen molar-refractivity contribution < 1.29 is 28.2 Å². The summed E-state index contributed by atoms with van der Waals surface area (Å²) < 4.78 is 22.6. The number of ether oxygens (including phenoxy) is 2. The molecule has 1 N–H and O–H groups in total. The van der Waals surface area contributed by atoms with Crippen LogP contribution in [0.1, 0.15) is 29.3 Å². The first-order chi connectivity index (χ1) is 13.0. The first kappa shape index (κ1) is 20.1. The van der Waals surface area contributed by atoms with Gasteiger partial charge in [0.25, 0.3) is 5.91 Å². The Labute approximate surface area is 156 Å². The van der Waals surface area contributed by atoms with Crippen LogP contribution in [0.4, 0.5) is 10.1 Å². The molecule has 2 aromatic carbocycles. The summed E-state index contributed by atoms with van der Waals surface area (Å²) in [4.78, 5) is 35.1. The van der Waals surface area contributed by atoms with Gasteiger partial charge in [0.2, 0.25) is 0 Å². The van der Waals surface area contributed by atoms with Crippen LogP contribution in [0.25, 0.3) is 0 Å². The highest BCUT2D eigenvalue weighted by atomic mass is 19.1. The Morgan fingerprint density at radius 3 is 2.26 bits per heavy atom. The zero-order valence-corrected chi connectivity index (χ0v) is 14.9. The number of benzene rings is 2. The highest BCUT2D eigenvalue weighted by molar-refractivity contribution is 5.94. The van der Waals surface area contributed by atoms with Crippen molar-refractivity contribution in [3.63, 3.8) is 0 Å². The van der Waals surface area contributed by atoms with Crippen LogP contribution in [0, 0.1) is 5.82 Å². The molecule has 142 valence electrons. The molecule has 1 amide bonds. The quantitative estimate of drug-likeness (QED) is 0.719. The fourth-order valence-corrected chi connectivity index (χ4v) is 2.22. The molecule has 0 spiro atoms. The molecule has 6 nitrogen and oxygen atoms in total. The third-order valence-corrected chi connectivity index (χ3v) is 3.58. The molecule has 0 bridgehead atoms. The van der Waals surface area contributed by atoms with Gasteiger partial charge < -0.3 is 14.8 Å². The molecule has 0 unspecified atom stereocenters. The van der Waals surface area contributed by atoms with E-state index in [1.807, 2.05) is 0 Å². The maximum absolute atomic E-state index is 12.8. The monoisotopic (exact) mass is 373 g/mol. The van der Waals surface area contributed by atoms with Gasteiger partial charge in [-0.15, -0.1) is 0 Å². The van der Waals surface area contributed by atoms with Gasteiger partial charge >= 0.3 is 11.9 Å². The second-order valence-electron chi connectivity index (χ2n) is 5.63. The first-order valence-corrected chi connectivity index (χ1v) is 8.45. The van der Waals surface area contributed by atoms with E-state index >= 15 is 0 Å². The van der Waals surface area contributed by atoms with Crippen molar-refractivity contribution in [2.75, 3.05) is 18.5 Å². The molecule has 0 aliphatic heterocycles. The Kier molecular flexibility index (Phi) is 7.49. The third-order valence-electron chi connectivity index (χ3n) is 3.58. The zero-order chi connectivity index (χ0) is 19.6. The second-order valence-corrected chi connectivity index (χ2v) is 5.63. The molecular formula is C20H20FNO5. The molecule has 0 radical (unpaired) electrons. The van der Waals surface area contributed by atoms with Crippen molar-refractivity contribution in [2.45, 2.75) is 19.8 Å². The number of hydrogen-bond acceptors (Lipinski definition) is 5. The van der Waals surface area contributed by atoms with E-state index in [-0.39, 0.29) is 18.8 Å². The van der Waals surface area contributed by atoms with Crippen LogP contribution < -0.4 is 5.32 Å². The minimum absolute atomic E-state index is 0.0904. The number of rotatable bonds is 8. The fourth-order valence-electron chi connectivity index (χ4n) is 2.22. The van der Waals surface area contributed by atoms with E-state index in [0.717, 1.165) is 5.56 Å². The molecule has 0 atom stereocenters. The highest BCUT2D eigenvalue weighted by Gasteiger charge is 2.10. The maximum Gasteiger partial charge on any atom is 0.338 e. The number of carbonyl (C=O) groups excluding carboxylic acids is 3. The smallest absolute Gasteiger partial charge is 0.338 e. The number of amides is 1. The minimum atomic E-state index is -0.521. The summed E-state index contributed by atoms with van der Waals surface area (Å²) in [6.45, 7) is 1.58. The minimum Gasteiger partial charge on any atom is -0.462 e. The summed E-state index contributed by atoms with van der Waals surface area (Å²) in [7, 11) is 0. The lowest BCUT2D eigenvalue weighted by molar-refractivity contribution is -0.147. The van der Waals surface area contributed by atoms with Crippen LogP contribution in [0.3, 0.4) is 0 Å². The lowest BCUT2D eigenvalue weighted by Crippen LogP contribution is -2.21. The molecule has 0 aliphatic rings. The average molecular weight is 373 g/mol. The largest absolute Gasteiger partial charge is 0.462 e. The van der Waals surface area contributed by atoms with E-state index in [2.05, 4.69) is 5.32 Å². The van der Waals surface area contributed by atoms with Gasteiger partial charge in [0, 0.05) is 12.1 Å². The lowest BCUT2D eigenvalue weighted by atomic mass is 10.1. The van der Waals surface area contributed by atoms with E-state index in [9.17, 15) is 18.8 Å². The van der Waals surface area contributed by atoms with E-state index in [1.54, 1.807) is 31.2 Å². The molecular weight excluding hydrogens is 353 g/mol. The molecule has 0 aromatic heterocycles. The van der Waals surface area contributed by atoms with Crippen LogP contribution in [0.15, 0.2) is 48.5 Å². The Morgan fingerprint density at radius 2 is 1.63 bits per heavy atom. The lowest BCUT2D eigenvalue weighted by Gasteiger charge is -2.08. The summed E-state index contributed by atoms with van der Waals surface area (Å²) in [5.41, 5.74) is 1.65. The number of esters is 2. The van der Waals surface area contributed by atoms with Gasteiger partial charge in [-0.25, -0.2) is 9.18 Å². The van der Waals surface area contributed by atoms with Crippen LogP contribution in [-0.4, -0.2) is 31.1 Å². The van der Waals surface area contributed by atoms with E-state index in [0.29, 0.717) is 17.7 Å². The summed E-state index contributed by atoms with van der Waals surface area (Å²) in [5.74, 6) is -1.79. The predicted molar refractivity (Wildman–Crippen MR) is 96.7 cm³/mol. The maximum atomic E-state index is 12.8. The van der Waals surface area contributed by atoms with Gasteiger partial charge in [-0.3, -0.25) is 9.59 Å². The summed E-state index contributed by atoms with van der Waals surface area (Å²) in [6, 6.07) is 12.0. The van der Waals surface area contributed by atoms with Crippen molar-refractivity contribution in [2.24, 2.45) is 0 Å². The number of carbonyl (C=O) groups is 3. The topological polar surface area (TPSA) is 81.7 Å². The average Bonchev–Trinajstić information content (AvgIpc) is 2.66. The highest BCUT2D eigenvalue weighted by Crippen LogP contribution is 2.11. The van der Waals surface area contributed by atoms with Gasteiger partial charge in [0.1, 0.15) is 5.82 Å². The molecule has 2 rings (SSSR count). The summed E-state index contributed by atoms with van der Waals surface area (Å²) in [6.07, 6.45) is 0.489. The zero-order valence-electron chi connectivity index (χ0n) is 14.9. The Hall–Kier alpha value is -3.22. The number of nitrogens with one attached hydrogen (secondary N) is 1. The van der Waals surface area contributed by atoms with Crippen LogP contribution in [0.2, 0.25) is 0 Å². The van der Waals surface area contributed by atoms with E-state index in [1.165, 1.54) is 24.3 Å². The molecule has 0 fully saturated rings. The first-order valence-electron chi connectivity index (χ1n) is 8.45. The molecule has 0 aliphatic carbocycles. The van der Waals surface area contributed by atoms with Crippen molar-refractivity contribution in [1.82, 2.24) is 0 Å². The van der Waals surface area contributed by atoms with E-state index in [4.69, 9.17) is 9.47 Å². The molecule has 0 saturated heterocycles. The third kappa shape index (κ3) is 6.89. The van der Waals surface area contributed by atoms with Crippen molar-refractivity contribution >= 4 is 23.5 Å². The number of hydrogen-bond donors (Lipinski definition) is 1.